The van der Waals surface area contributed by atoms with Gasteiger partial charge in [0.05, 0.1) is 0 Å². The van der Waals surface area contributed by atoms with Crippen LogP contribution in [0, 0.1) is 5.92 Å². The first-order valence-corrected chi connectivity index (χ1v) is 10.2. The third-order valence-electron chi connectivity index (χ3n) is 5.12. The van der Waals surface area contributed by atoms with E-state index in [4.69, 9.17) is 18.9 Å². The second-order valence-electron chi connectivity index (χ2n) is 7.49. The van der Waals surface area contributed by atoms with E-state index in [-0.39, 0.29) is 25.2 Å². The van der Waals surface area contributed by atoms with Crippen LogP contribution in [0.25, 0.3) is 0 Å². The molecular formula is C25H30O6. The van der Waals surface area contributed by atoms with E-state index < -0.39 is 11.9 Å². The molecule has 0 spiro atoms. The maximum atomic E-state index is 11.0. The molecule has 0 aliphatic heterocycles. The summed E-state index contributed by atoms with van der Waals surface area (Å²) in [6.45, 7) is 12.1. The Morgan fingerprint density at radius 2 is 1.55 bits per heavy atom. The van der Waals surface area contributed by atoms with E-state index >= 15 is 0 Å². The third kappa shape index (κ3) is 7.48. The molecule has 1 unspecified atom stereocenters. The second-order valence-corrected chi connectivity index (χ2v) is 7.49. The van der Waals surface area contributed by atoms with Gasteiger partial charge >= 0.3 is 11.9 Å². The number of allylic oxidation sites excluding steroid dienone is 3. The molecular weight excluding hydrogens is 396 g/mol. The van der Waals surface area contributed by atoms with Gasteiger partial charge in [-0.05, 0) is 47.6 Å². The zero-order valence-corrected chi connectivity index (χ0v) is 18.2. The number of carbonyl (C=O) groups excluding carboxylic acids is 2. The normalized spacial score (nSPS) is 15.4. The molecule has 0 N–H and O–H groups in total. The molecule has 166 valence electrons. The van der Waals surface area contributed by atoms with Gasteiger partial charge in [-0.2, -0.15) is 0 Å². The van der Waals surface area contributed by atoms with E-state index in [1.807, 2.05) is 18.2 Å². The molecule has 31 heavy (non-hydrogen) atoms. The first-order chi connectivity index (χ1) is 14.9. The van der Waals surface area contributed by atoms with Crippen molar-refractivity contribution in [2.45, 2.75) is 25.7 Å². The summed E-state index contributed by atoms with van der Waals surface area (Å²) in [6.07, 6.45) is 9.28. The maximum absolute atomic E-state index is 11.0. The van der Waals surface area contributed by atoms with Gasteiger partial charge in [0.2, 0.25) is 0 Å². The van der Waals surface area contributed by atoms with Crippen LogP contribution in [0.4, 0.5) is 0 Å². The number of ether oxygens (including phenoxy) is 4. The highest BCUT2D eigenvalue weighted by molar-refractivity contribution is 5.81. The summed E-state index contributed by atoms with van der Waals surface area (Å²) < 4.78 is 21.0. The molecule has 1 aromatic rings. The zero-order chi connectivity index (χ0) is 22.7. The molecule has 1 aliphatic carbocycles. The Labute approximate surface area is 183 Å². The first kappa shape index (κ1) is 24.0. The van der Waals surface area contributed by atoms with Gasteiger partial charge < -0.3 is 18.9 Å². The van der Waals surface area contributed by atoms with Crippen LogP contribution in [0.3, 0.4) is 0 Å². The van der Waals surface area contributed by atoms with E-state index in [2.05, 4.69) is 51.3 Å². The Morgan fingerprint density at radius 3 is 2.06 bits per heavy atom. The van der Waals surface area contributed by atoms with Crippen molar-refractivity contribution in [1.29, 1.82) is 0 Å². The second kappa shape index (κ2) is 11.8. The van der Waals surface area contributed by atoms with Gasteiger partial charge in [0.1, 0.15) is 37.9 Å². The lowest BCUT2D eigenvalue weighted by atomic mass is 9.71. The number of benzene rings is 1. The molecule has 0 heterocycles. The molecule has 0 saturated carbocycles. The van der Waals surface area contributed by atoms with Crippen LogP contribution in [-0.2, 0) is 29.2 Å². The molecule has 6 nitrogen and oxygen atoms in total. The molecule has 2 rings (SSSR count). The molecule has 1 atom stereocenters. The fraction of sp³-hybridized carbons (Fsp3) is 0.360. The molecule has 0 amide bonds. The Kier molecular flexibility index (Phi) is 9.13. The molecule has 0 bridgehead atoms. The SMILES string of the molecule is C=CC(=O)OCCOC1=CCC(C(C)(C)c2ccc(OCCOC(=O)C=C)cc2)C=C1. The third-order valence-corrected chi connectivity index (χ3v) is 5.12. The molecule has 0 saturated heterocycles. The standard InChI is InChI=1S/C25H30O6/c1-5-23(26)30-17-15-28-21-11-7-19(8-12-21)25(3,4)20-9-13-22(14-10-20)29-16-18-31-24(27)6-2/h5-9,11-14,20H,1-2,10,15-18H2,3-4H3. The Bertz CT molecular complexity index is 832. The fourth-order valence-corrected chi connectivity index (χ4v) is 3.16. The van der Waals surface area contributed by atoms with Gasteiger partial charge in [-0.1, -0.05) is 45.2 Å². The van der Waals surface area contributed by atoms with Gasteiger partial charge in [0.25, 0.3) is 0 Å². The number of carbonyl (C=O) groups is 2. The smallest absolute Gasteiger partial charge is 0.330 e. The summed E-state index contributed by atoms with van der Waals surface area (Å²) in [5.41, 5.74) is 1.11. The highest BCUT2D eigenvalue weighted by Gasteiger charge is 2.30. The molecule has 6 heteroatoms. The van der Waals surface area contributed by atoms with Crippen molar-refractivity contribution in [1.82, 2.24) is 0 Å². The minimum atomic E-state index is -0.458. The van der Waals surface area contributed by atoms with Crippen molar-refractivity contribution in [2.75, 3.05) is 26.4 Å². The topological polar surface area (TPSA) is 71.1 Å². The van der Waals surface area contributed by atoms with Crippen LogP contribution < -0.4 is 4.74 Å². The molecule has 1 aromatic carbocycles. The Balaban J connectivity index is 1.82. The number of rotatable bonds is 12. The molecule has 0 fully saturated rings. The van der Waals surface area contributed by atoms with Crippen molar-refractivity contribution in [2.24, 2.45) is 5.92 Å². The van der Waals surface area contributed by atoms with Crippen molar-refractivity contribution in [3.63, 3.8) is 0 Å². The van der Waals surface area contributed by atoms with E-state index in [1.54, 1.807) is 0 Å². The van der Waals surface area contributed by atoms with Gasteiger partial charge in [0.15, 0.2) is 0 Å². The van der Waals surface area contributed by atoms with Crippen LogP contribution in [-0.4, -0.2) is 38.4 Å². The Hall–Kier alpha value is -3.28. The van der Waals surface area contributed by atoms with Crippen LogP contribution >= 0.6 is 0 Å². The van der Waals surface area contributed by atoms with Crippen molar-refractivity contribution in [3.8, 4) is 5.75 Å². The predicted molar refractivity (Wildman–Crippen MR) is 119 cm³/mol. The van der Waals surface area contributed by atoms with Gasteiger partial charge in [-0.3, -0.25) is 0 Å². The summed E-state index contributed by atoms with van der Waals surface area (Å²) in [7, 11) is 0. The Morgan fingerprint density at radius 1 is 0.968 bits per heavy atom. The minimum Gasteiger partial charge on any atom is -0.490 e. The lowest BCUT2D eigenvalue weighted by Gasteiger charge is -2.34. The summed E-state index contributed by atoms with van der Waals surface area (Å²) in [5.74, 6) is 0.901. The first-order valence-electron chi connectivity index (χ1n) is 10.2. The van der Waals surface area contributed by atoms with Gasteiger partial charge in [-0.15, -0.1) is 0 Å². The highest BCUT2D eigenvalue weighted by atomic mass is 16.6. The van der Waals surface area contributed by atoms with Crippen LogP contribution in [0.15, 0.2) is 73.6 Å². The molecule has 0 aromatic heterocycles. The predicted octanol–water partition coefficient (Wildman–Crippen LogP) is 4.28. The average molecular weight is 427 g/mol. The van der Waals surface area contributed by atoms with Crippen molar-refractivity contribution < 1.29 is 28.5 Å². The van der Waals surface area contributed by atoms with Crippen molar-refractivity contribution in [3.05, 3.63) is 79.1 Å². The molecule has 1 aliphatic rings. The van der Waals surface area contributed by atoms with Gasteiger partial charge in [-0.25, -0.2) is 9.59 Å². The monoisotopic (exact) mass is 426 g/mol. The maximum Gasteiger partial charge on any atom is 0.330 e. The quantitative estimate of drug-likeness (QED) is 0.282. The van der Waals surface area contributed by atoms with E-state index in [0.29, 0.717) is 12.5 Å². The van der Waals surface area contributed by atoms with Crippen LogP contribution in [0.2, 0.25) is 0 Å². The highest BCUT2D eigenvalue weighted by Crippen LogP contribution is 2.37. The summed E-state index contributed by atoms with van der Waals surface area (Å²) in [6, 6.07) is 7.97. The lowest BCUT2D eigenvalue weighted by Crippen LogP contribution is -2.28. The summed E-state index contributed by atoms with van der Waals surface area (Å²) >= 11 is 0. The van der Waals surface area contributed by atoms with Crippen LogP contribution in [0.5, 0.6) is 5.75 Å². The fourth-order valence-electron chi connectivity index (χ4n) is 3.16. The number of hydrogen-bond acceptors (Lipinski definition) is 6. The number of esters is 2. The average Bonchev–Trinajstić information content (AvgIpc) is 2.79. The molecule has 0 radical (unpaired) electrons. The van der Waals surface area contributed by atoms with E-state index in [1.165, 1.54) is 5.56 Å². The summed E-state index contributed by atoms with van der Waals surface area (Å²) in [5, 5.41) is 0. The minimum absolute atomic E-state index is 0.0873. The van der Waals surface area contributed by atoms with Crippen LogP contribution in [0.1, 0.15) is 25.8 Å². The zero-order valence-electron chi connectivity index (χ0n) is 18.2. The largest absolute Gasteiger partial charge is 0.490 e. The lowest BCUT2D eigenvalue weighted by molar-refractivity contribution is -0.139. The van der Waals surface area contributed by atoms with Gasteiger partial charge in [0, 0.05) is 12.2 Å². The summed E-state index contributed by atoms with van der Waals surface area (Å²) in [4.78, 5) is 22.0. The number of hydrogen-bond donors (Lipinski definition) is 0. The van der Waals surface area contributed by atoms with E-state index in [9.17, 15) is 9.59 Å². The van der Waals surface area contributed by atoms with Crippen molar-refractivity contribution >= 4 is 11.9 Å². The van der Waals surface area contributed by atoms with E-state index in [0.717, 1.165) is 30.1 Å².